The molecule has 2 fully saturated rings. The quantitative estimate of drug-likeness (QED) is 0.660. The highest BCUT2D eigenvalue weighted by molar-refractivity contribution is 5.74. The maximum absolute atomic E-state index is 11.6. The van der Waals surface area contributed by atoms with Crippen molar-refractivity contribution in [1.82, 2.24) is 15.5 Å². The third kappa shape index (κ3) is 4.52. The monoisotopic (exact) mass is 240 g/mol. The Morgan fingerprint density at radius 1 is 1.29 bits per heavy atom. The van der Waals surface area contributed by atoms with E-state index in [1.54, 1.807) is 0 Å². The van der Waals surface area contributed by atoms with Crippen LogP contribution in [0.2, 0.25) is 0 Å². The second kappa shape index (κ2) is 4.82. The summed E-state index contributed by atoms with van der Waals surface area (Å²) in [6, 6.07) is 0.693. The van der Waals surface area contributed by atoms with Gasteiger partial charge in [-0.2, -0.15) is 0 Å². The Morgan fingerprint density at radius 3 is 2.53 bits per heavy atom. The predicted octanol–water partition coefficient (Wildman–Crippen LogP) is 0.260. The molecule has 1 atom stereocenters. The van der Waals surface area contributed by atoms with Gasteiger partial charge in [-0.3, -0.25) is 4.90 Å². The van der Waals surface area contributed by atoms with Crippen LogP contribution in [-0.4, -0.2) is 48.2 Å². The van der Waals surface area contributed by atoms with Crippen LogP contribution < -0.4 is 16.4 Å². The second-order valence-corrected chi connectivity index (χ2v) is 6.10. The van der Waals surface area contributed by atoms with Crippen LogP contribution in [0.15, 0.2) is 0 Å². The molecule has 1 saturated carbocycles. The topological polar surface area (TPSA) is 70.4 Å². The summed E-state index contributed by atoms with van der Waals surface area (Å²) in [5.74, 6) is 0. The largest absolute Gasteiger partial charge is 0.335 e. The van der Waals surface area contributed by atoms with E-state index in [0.717, 1.165) is 38.9 Å². The molecular formula is C12H24N4O. The Morgan fingerprint density at radius 2 is 1.94 bits per heavy atom. The molecule has 5 nitrogen and oxygen atoms in total. The first-order valence-electron chi connectivity index (χ1n) is 6.51. The average Bonchev–Trinajstić information content (AvgIpc) is 2.86. The van der Waals surface area contributed by atoms with Gasteiger partial charge in [-0.25, -0.2) is 4.79 Å². The third-order valence-electron chi connectivity index (χ3n) is 3.15. The molecule has 4 N–H and O–H groups in total. The van der Waals surface area contributed by atoms with E-state index < -0.39 is 0 Å². The Kier molecular flexibility index (Phi) is 3.58. The zero-order chi connectivity index (χ0) is 12.5. The maximum atomic E-state index is 11.6. The molecular weight excluding hydrogens is 216 g/mol. The van der Waals surface area contributed by atoms with Crippen molar-refractivity contribution in [1.29, 1.82) is 0 Å². The van der Waals surface area contributed by atoms with E-state index in [2.05, 4.69) is 15.5 Å². The lowest BCUT2D eigenvalue weighted by molar-refractivity contribution is 0.234. The van der Waals surface area contributed by atoms with Gasteiger partial charge in [0.1, 0.15) is 0 Å². The van der Waals surface area contributed by atoms with E-state index in [-0.39, 0.29) is 17.6 Å². The first kappa shape index (κ1) is 12.6. The van der Waals surface area contributed by atoms with E-state index in [4.69, 9.17) is 5.73 Å². The molecule has 0 aromatic heterocycles. The van der Waals surface area contributed by atoms with Gasteiger partial charge in [-0.15, -0.1) is 0 Å². The van der Waals surface area contributed by atoms with Gasteiger partial charge in [0.2, 0.25) is 0 Å². The molecule has 1 saturated heterocycles. The molecule has 2 amide bonds. The summed E-state index contributed by atoms with van der Waals surface area (Å²) in [5.41, 5.74) is 5.83. The highest BCUT2D eigenvalue weighted by Gasteiger charge is 2.28. The number of hydrogen-bond acceptors (Lipinski definition) is 3. The highest BCUT2D eigenvalue weighted by Crippen LogP contribution is 2.18. The van der Waals surface area contributed by atoms with Crippen molar-refractivity contribution in [3.05, 3.63) is 0 Å². The Labute approximate surface area is 103 Å². The molecule has 1 unspecified atom stereocenters. The van der Waals surface area contributed by atoms with Gasteiger partial charge >= 0.3 is 6.03 Å². The molecule has 2 aliphatic rings. The van der Waals surface area contributed by atoms with Gasteiger partial charge in [-0.1, -0.05) is 0 Å². The number of urea groups is 1. The summed E-state index contributed by atoms with van der Waals surface area (Å²) in [6.45, 7) is 6.89. The lowest BCUT2D eigenvalue weighted by Crippen LogP contribution is -2.47. The summed E-state index contributed by atoms with van der Waals surface area (Å²) in [7, 11) is 0. The van der Waals surface area contributed by atoms with Crippen LogP contribution in [0.3, 0.4) is 0 Å². The second-order valence-electron chi connectivity index (χ2n) is 6.10. The zero-order valence-electron chi connectivity index (χ0n) is 10.8. The number of amides is 2. The molecule has 1 aliphatic carbocycles. The molecule has 1 heterocycles. The molecule has 17 heavy (non-hydrogen) atoms. The normalized spacial score (nSPS) is 25.9. The summed E-state index contributed by atoms with van der Waals surface area (Å²) in [4.78, 5) is 13.9. The Bertz CT molecular complexity index is 283. The SMILES string of the molecule is CC(C)(N)CN1CCC(NC(=O)NC2CC2)C1. The van der Waals surface area contributed by atoms with E-state index in [1.807, 2.05) is 13.8 Å². The number of carbonyl (C=O) groups excluding carboxylic acids is 1. The number of nitrogens with zero attached hydrogens (tertiary/aromatic N) is 1. The van der Waals surface area contributed by atoms with Gasteiger partial charge in [0, 0.05) is 37.3 Å². The van der Waals surface area contributed by atoms with E-state index in [0.29, 0.717) is 6.04 Å². The van der Waals surface area contributed by atoms with Gasteiger partial charge in [0.15, 0.2) is 0 Å². The molecule has 0 radical (unpaired) electrons. The fraction of sp³-hybridized carbons (Fsp3) is 0.917. The van der Waals surface area contributed by atoms with Crippen LogP contribution in [0.25, 0.3) is 0 Å². The van der Waals surface area contributed by atoms with Crippen molar-refractivity contribution in [3.63, 3.8) is 0 Å². The number of carbonyl (C=O) groups is 1. The first-order chi connectivity index (χ1) is 7.92. The zero-order valence-corrected chi connectivity index (χ0v) is 10.8. The van der Waals surface area contributed by atoms with Gasteiger partial charge in [-0.05, 0) is 33.1 Å². The minimum absolute atomic E-state index is 0.00800. The van der Waals surface area contributed by atoms with Crippen LogP contribution in [0.1, 0.15) is 33.1 Å². The fourth-order valence-corrected chi connectivity index (χ4v) is 2.31. The minimum Gasteiger partial charge on any atom is -0.335 e. The van der Waals surface area contributed by atoms with Crippen LogP contribution in [0, 0.1) is 0 Å². The number of nitrogens with two attached hydrogens (primary N) is 1. The molecule has 98 valence electrons. The van der Waals surface area contributed by atoms with Gasteiger partial charge in [0.25, 0.3) is 0 Å². The van der Waals surface area contributed by atoms with Crippen molar-refractivity contribution in [2.24, 2.45) is 5.73 Å². The first-order valence-corrected chi connectivity index (χ1v) is 6.51. The lowest BCUT2D eigenvalue weighted by atomic mass is 10.1. The molecule has 0 spiro atoms. The summed E-state index contributed by atoms with van der Waals surface area (Å²) in [5, 5.41) is 5.98. The number of hydrogen-bond donors (Lipinski definition) is 3. The fourth-order valence-electron chi connectivity index (χ4n) is 2.31. The van der Waals surface area contributed by atoms with Crippen LogP contribution in [0.4, 0.5) is 4.79 Å². The molecule has 5 heteroatoms. The number of likely N-dealkylation sites (tertiary alicyclic amines) is 1. The summed E-state index contributed by atoms with van der Waals surface area (Å²) < 4.78 is 0. The van der Waals surface area contributed by atoms with Crippen molar-refractivity contribution in [2.75, 3.05) is 19.6 Å². The average molecular weight is 240 g/mol. The smallest absolute Gasteiger partial charge is 0.315 e. The van der Waals surface area contributed by atoms with E-state index in [9.17, 15) is 4.79 Å². The summed E-state index contributed by atoms with van der Waals surface area (Å²) >= 11 is 0. The van der Waals surface area contributed by atoms with Crippen LogP contribution in [0.5, 0.6) is 0 Å². The maximum Gasteiger partial charge on any atom is 0.315 e. The summed E-state index contributed by atoms with van der Waals surface area (Å²) in [6.07, 6.45) is 3.28. The van der Waals surface area contributed by atoms with Gasteiger partial charge in [0.05, 0.1) is 0 Å². The number of nitrogens with one attached hydrogen (secondary N) is 2. The minimum atomic E-state index is -0.162. The van der Waals surface area contributed by atoms with E-state index >= 15 is 0 Å². The predicted molar refractivity (Wildman–Crippen MR) is 67.8 cm³/mol. The Balaban J connectivity index is 1.68. The van der Waals surface area contributed by atoms with Crippen LogP contribution in [-0.2, 0) is 0 Å². The molecule has 0 aromatic rings. The van der Waals surface area contributed by atoms with Crippen molar-refractivity contribution in [3.8, 4) is 0 Å². The molecule has 2 rings (SSSR count). The Hall–Kier alpha value is -0.810. The van der Waals surface area contributed by atoms with Crippen molar-refractivity contribution in [2.45, 2.75) is 50.7 Å². The molecule has 0 bridgehead atoms. The third-order valence-corrected chi connectivity index (χ3v) is 3.15. The molecule has 0 aromatic carbocycles. The standard InChI is InChI=1S/C12H24N4O/c1-12(2,13)8-16-6-5-10(7-16)15-11(17)14-9-3-4-9/h9-10H,3-8,13H2,1-2H3,(H2,14,15,17). The van der Waals surface area contributed by atoms with Gasteiger partial charge < -0.3 is 16.4 Å². The lowest BCUT2D eigenvalue weighted by Gasteiger charge is -2.26. The highest BCUT2D eigenvalue weighted by atomic mass is 16.2. The van der Waals surface area contributed by atoms with E-state index in [1.165, 1.54) is 0 Å². The van der Waals surface area contributed by atoms with Crippen molar-refractivity contribution >= 4 is 6.03 Å². The van der Waals surface area contributed by atoms with Crippen molar-refractivity contribution < 1.29 is 4.79 Å². The molecule has 1 aliphatic heterocycles. The van der Waals surface area contributed by atoms with Crippen LogP contribution >= 0.6 is 0 Å². The number of rotatable bonds is 4.